The Bertz CT molecular complexity index is 273. The van der Waals surface area contributed by atoms with Gasteiger partial charge in [-0.1, -0.05) is 32.1 Å². The van der Waals surface area contributed by atoms with Gasteiger partial charge in [-0.25, -0.2) is 0 Å². The minimum atomic E-state index is 0.750. The zero-order valence-electron chi connectivity index (χ0n) is 12.8. The monoisotopic (exact) mass is 264 g/mol. The van der Waals surface area contributed by atoms with E-state index in [1.54, 1.807) is 0 Å². The van der Waals surface area contributed by atoms with E-state index in [9.17, 15) is 0 Å². The molecule has 110 valence electrons. The van der Waals surface area contributed by atoms with Crippen LogP contribution in [0, 0.1) is 5.41 Å². The highest BCUT2D eigenvalue weighted by molar-refractivity contribution is 4.94. The van der Waals surface area contributed by atoms with E-state index in [4.69, 9.17) is 0 Å². The highest BCUT2D eigenvalue weighted by atomic mass is 15.2. The minimum absolute atomic E-state index is 0.750. The van der Waals surface area contributed by atoms with Crippen LogP contribution in [0.4, 0.5) is 0 Å². The summed E-state index contributed by atoms with van der Waals surface area (Å²) in [5.41, 5.74) is 0.774. The summed E-state index contributed by atoms with van der Waals surface area (Å²) in [6, 6.07) is 1.58. The highest BCUT2D eigenvalue weighted by Crippen LogP contribution is 2.46. The summed E-state index contributed by atoms with van der Waals surface area (Å²) in [6.45, 7) is 2.76. The maximum atomic E-state index is 3.61. The van der Waals surface area contributed by atoms with Gasteiger partial charge in [-0.3, -0.25) is 4.90 Å². The second kappa shape index (κ2) is 6.13. The van der Waals surface area contributed by atoms with Crippen LogP contribution in [0.15, 0.2) is 0 Å². The zero-order chi connectivity index (χ0) is 13.1. The van der Waals surface area contributed by atoms with E-state index >= 15 is 0 Å². The van der Waals surface area contributed by atoms with Crippen molar-refractivity contribution >= 4 is 0 Å². The lowest BCUT2D eigenvalue weighted by Gasteiger charge is -2.44. The summed E-state index contributed by atoms with van der Waals surface area (Å²) >= 11 is 0. The van der Waals surface area contributed by atoms with Gasteiger partial charge >= 0.3 is 0 Å². The lowest BCUT2D eigenvalue weighted by molar-refractivity contribution is 0.0589. The molecule has 2 saturated carbocycles. The van der Waals surface area contributed by atoms with Gasteiger partial charge in [0.1, 0.15) is 0 Å². The van der Waals surface area contributed by atoms with E-state index < -0.39 is 0 Å². The number of likely N-dealkylation sites (tertiary alicyclic amines) is 1. The number of piperidine rings is 1. The normalized spacial score (nSPS) is 36.5. The molecular formula is C17H32N2. The van der Waals surface area contributed by atoms with Gasteiger partial charge in [0.15, 0.2) is 0 Å². The molecule has 3 fully saturated rings. The Labute approximate surface area is 119 Å². The molecule has 1 aliphatic heterocycles. The fraction of sp³-hybridized carbons (Fsp3) is 1.00. The van der Waals surface area contributed by atoms with Crippen molar-refractivity contribution in [1.29, 1.82) is 0 Å². The molecule has 1 spiro atoms. The van der Waals surface area contributed by atoms with E-state index in [1.165, 1.54) is 83.7 Å². The summed E-state index contributed by atoms with van der Waals surface area (Å²) in [5.74, 6) is 0. The average molecular weight is 264 g/mol. The minimum Gasteiger partial charge on any atom is -0.315 e. The molecule has 2 heteroatoms. The molecule has 2 unspecified atom stereocenters. The Morgan fingerprint density at radius 1 is 0.842 bits per heavy atom. The molecule has 3 rings (SSSR count). The molecule has 1 saturated heterocycles. The number of nitrogens with one attached hydrogen (secondary N) is 1. The third kappa shape index (κ3) is 3.00. The van der Waals surface area contributed by atoms with Crippen LogP contribution in [0.25, 0.3) is 0 Å². The fourth-order valence-electron chi connectivity index (χ4n) is 5.02. The van der Waals surface area contributed by atoms with Gasteiger partial charge in [0.25, 0.3) is 0 Å². The third-order valence-corrected chi connectivity index (χ3v) is 6.34. The summed E-state index contributed by atoms with van der Waals surface area (Å²) < 4.78 is 0. The molecule has 19 heavy (non-hydrogen) atoms. The molecule has 0 aromatic heterocycles. The first kappa shape index (κ1) is 13.9. The largest absolute Gasteiger partial charge is 0.315 e. The van der Waals surface area contributed by atoms with Crippen LogP contribution >= 0.6 is 0 Å². The Kier molecular flexibility index (Phi) is 4.48. The number of nitrogens with zero attached hydrogens (tertiary/aromatic N) is 1. The van der Waals surface area contributed by atoms with Crippen LogP contribution in [0.3, 0.4) is 0 Å². The van der Waals surface area contributed by atoms with Crippen LogP contribution < -0.4 is 5.32 Å². The van der Waals surface area contributed by atoms with E-state index in [0.29, 0.717) is 0 Å². The Morgan fingerprint density at radius 2 is 1.53 bits per heavy atom. The zero-order valence-corrected chi connectivity index (χ0v) is 12.8. The molecule has 0 bridgehead atoms. The van der Waals surface area contributed by atoms with Gasteiger partial charge in [-0.15, -0.1) is 0 Å². The van der Waals surface area contributed by atoms with Crippen molar-refractivity contribution < 1.29 is 0 Å². The van der Waals surface area contributed by atoms with E-state index in [1.807, 2.05) is 0 Å². The standard InChI is InChI=1S/C17H32N2/c1-18-15-7-3-2-4-8-16(15)19-13-11-17(12-14-19)9-5-6-10-17/h15-16,18H,2-14H2,1H3. The van der Waals surface area contributed by atoms with Crippen molar-refractivity contribution in [3.05, 3.63) is 0 Å². The van der Waals surface area contributed by atoms with Crippen molar-refractivity contribution in [2.45, 2.75) is 82.7 Å². The molecule has 0 aromatic carbocycles. The average Bonchev–Trinajstić information content (AvgIpc) is 2.76. The molecule has 0 aromatic rings. The molecule has 0 amide bonds. The summed E-state index contributed by atoms with van der Waals surface area (Å²) in [5, 5.41) is 3.61. The molecule has 1 N–H and O–H groups in total. The number of rotatable bonds is 2. The SMILES string of the molecule is CNC1CCCCCC1N1CCC2(CCCC2)CC1. The molecule has 0 radical (unpaired) electrons. The van der Waals surface area contributed by atoms with Crippen LogP contribution in [-0.4, -0.2) is 37.1 Å². The Hall–Kier alpha value is -0.0800. The maximum absolute atomic E-state index is 3.61. The lowest BCUT2D eigenvalue weighted by atomic mass is 9.76. The second-order valence-electron chi connectivity index (χ2n) is 7.34. The van der Waals surface area contributed by atoms with Crippen LogP contribution in [0.2, 0.25) is 0 Å². The summed E-state index contributed by atoms with van der Waals surface area (Å²) in [6.07, 6.45) is 16.2. The smallest absolute Gasteiger partial charge is 0.0249 e. The van der Waals surface area contributed by atoms with Crippen LogP contribution in [0.5, 0.6) is 0 Å². The van der Waals surface area contributed by atoms with Gasteiger partial charge in [-0.2, -0.15) is 0 Å². The van der Waals surface area contributed by atoms with Crippen LogP contribution in [-0.2, 0) is 0 Å². The first-order chi connectivity index (χ1) is 9.33. The Morgan fingerprint density at radius 3 is 2.21 bits per heavy atom. The van der Waals surface area contributed by atoms with Gasteiger partial charge in [0, 0.05) is 12.1 Å². The molecular weight excluding hydrogens is 232 g/mol. The maximum Gasteiger partial charge on any atom is 0.0249 e. The van der Waals surface area contributed by atoms with E-state index in [-0.39, 0.29) is 0 Å². The highest BCUT2D eigenvalue weighted by Gasteiger charge is 2.39. The number of likely N-dealkylation sites (N-methyl/N-ethyl adjacent to an activating group) is 1. The summed E-state index contributed by atoms with van der Waals surface area (Å²) in [4.78, 5) is 2.84. The van der Waals surface area contributed by atoms with Crippen LogP contribution in [0.1, 0.15) is 70.6 Å². The van der Waals surface area contributed by atoms with Gasteiger partial charge < -0.3 is 5.32 Å². The fourth-order valence-corrected chi connectivity index (χ4v) is 5.02. The molecule has 2 nitrogen and oxygen atoms in total. The molecule has 2 aliphatic carbocycles. The second-order valence-corrected chi connectivity index (χ2v) is 7.34. The first-order valence-electron chi connectivity index (χ1n) is 8.74. The van der Waals surface area contributed by atoms with Crippen molar-refractivity contribution in [3.8, 4) is 0 Å². The predicted octanol–water partition coefficient (Wildman–Crippen LogP) is 3.56. The van der Waals surface area contributed by atoms with E-state index in [0.717, 1.165) is 17.5 Å². The Balaban J connectivity index is 1.59. The van der Waals surface area contributed by atoms with Gasteiger partial charge in [-0.05, 0) is 64.1 Å². The quantitative estimate of drug-likeness (QED) is 0.767. The van der Waals surface area contributed by atoms with Crippen molar-refractivity contribution in [2.75, 3.05) is 20.1 Å². The molecule has 1 heterocycles. The lowest BCUT2D eigenvalue weighted by Crippen LogP contribution is -2.52. The van der Waals surface area contributed by atoms with Crippen molar-refractivity contribution in [1.82, 2.24) is 10.2 Å². The first-order valence-corrected chi connectivity index (χ1v) is 8.74. The molecule has 2 atom stereocenters. The van der Waals surface area contributed by atoms with Crippen molar-refractivity contribution in [2.24, 2.45) is 5.41 Å². The predicted molar refractivity (Wildman–Crippen MR) is 81.4 cm³/mol. The third-order valence-electron chi connectivity index (χ3n) is 6.34. The molecule has 3 aliphatic rings. The van der Waals surface area contributed by atoms with Gasteiger partial charge in [0.2, 0.25) is 0 Å². The van der Waals surface area contributed by atoms with E-state index in [2.05, 4.69) is 17.3 Å². The number of hydrogen-bond donors (Lipinski definition) is 1. The topological polar surface area (TPSA) is 15.3 Å². The summed E-state index contributed by atoms with van der Waals surface area (Å²) in [7, 11) is 2.17. The number of hydrogen-bond acceptors (Lipinski definition) is 2. The van der Waals surface area contributed by atoms with Gasteiger partial charge in [0.05, 0.1) is 0 Å². The van der Waals surface area contributed by atoms with Crippen molar-refractivity contribution in [3.63, 3.8) is 0 Å².